The maximum atomic E-state index is 13.2. The van der Waals surface area contributed by atoms with E-state index in [0.717, 1.165) is 20.8 Å². The molecule has 0 saturated carbocycles. The number of amidine groups is 1. The first-order valence-electron chi connectivity index (χ1n) is 10.1. The Morgan fingerprint density at radius 3 is 2.62 bits per heavy atom. The monoisotopic (exact) mass is 542 g/mol. The van der Waals surface area contributed by atoms with Crippen molar-refractivity contribution in [2.24, 2.45) is 10.9 Å². The molecule has 4 nitrogen and oxygen atoms in total. The summed E-state index contributed by atoms with van der Waals surface area (Å²) in [6, 6.07) is 8.14. The second-order valence-corrected chi connectivity index (χ2v) is 16.0. The summed E-state index contributed by atoms with van der Waals surface area (Å²) in [6.07, 6.45) is 2.14. The van der Waals surface area contributed by atoms with Gasteiger partial charge in [-0.25, -0.2) is 4.99 Å². The van der Waals surface area contributed by atoms with E-state index in [2.05, 4.69) is 88.5 Å². The summed E-state index contributed by atoms with van der Waals surface area (Å²) in [7, 11) is -1.94. The van der Waals surface area contributed by atoms with Crippen LogP contribution in [0.5, 0.6) is 0 Å². The lowest BCUT2D eigenvalue weighted by Crippen LogP contribution is -2.67. The maximum Gasteiger partial charge on any atom is 0.237 e. The van der Waals surface area contributed by atoms with E-state index in [9.17, 15) is 4.79 Å². The van der Waals surface area contributed by atoms with Gasteiger partial charge in [-0.05, 0) is 55.8 Å². The minimum atomic E-state index is -1.94. The third-order valence-electron chi connectivity index (χ3n) is 6.12. The minimum absolute atomic E-state index is 0.0387. The van der Waals surface area contributed by atoms with Crippen LogP contribution in [0.4, 0.5) is 5.69 Å². The van der Waals surface area contributed by atoms with Crippen molar-refractivity contribution in [3.05, 3.63) is 40.8 Å². The SMILES string of the molecule is Cc1cccc(N=C2SC(CI)=C[C@@H]3[C@@H]([C@@H](C)O[Si](C)(C)C(C)(C)C)C(=O)N23)c1. The van der Waals surface area contributed by atoms with Crippen molar-refractivity contribution in [3.8, 4) is 0 Å². The van der Waals surface area contributed by atoms with Crippen molar-refractivity contribution in [2.45, 2.75) is 64.9 Å². The second-order valence-electron chi connectivity index (χ2n) is 9.41. The summed E-state index contributed by atoms with van der Waals surface area (Å²) < 4.78 is 7.49. The number of thioether (sulfide) groups is 1. The lowest BCUT2D eigenvalue weighted by Gasteiger charge is -2.51. The molecular weight excluding hydrogens is 511 g/mol. The number of benzene rings is 1. The van der Waals surface area contributed by atoms with Gasteiger partial charge < -0.3 is 4.43 Å². The molecule has 0 aliphatic carbocycles. The molecule has 0 unspecified atom stereocenters. The van der Waals surface area contributed by atoms with Crippen molar-refractivity contribution < 1.29 is 9.22 Å². The average molecular weight is 543 g/mol. The molecule has 29 heavy (non-hydrogen) atoms. The molecule has 158 valence electrons. The van der Waals surface area contributed by atoms with Crippen molar-refractivity contribution in [3.63, 3.8) is 0 Å². The van der Waals surface area contributed by atoms with E-state index in [1.165, 1.54) is 4.91 Å². The molecule has 0 aromatic heterocycles. The molecule has 0 bridgehead atoms. The van der Waals surface area contributed by atoms with Gasteiger partial charge in [0.05, 0.1) is 23.8 Å². The van der Waals surface area contributed by atoms with Crippen LogP contribution in [0.2, 0.25) is 18.1 Å². The topological polar surface area (TPSA) is 41.9 Å². The quantitative estimate of drug-likeness (QED) is 0.190. The van der Waals surface area contributed by atoms with Crippen molar-refractivity contribution >= 4 is 59.4 Å². The Labute approximate surface area is 193 Å². The first-order valence-corrected chi connectivity index (χ1v) is 15.3. The van der Waals surface area contributed by atoms with Crippen LogP contribution < -0.4 is 0 Å². The van der Waals surface area contributed by atoms with E-state index in [4.69, 9.17) is 9.42 Å². The van der Waals surface area contributed by atoms with Crippen LogP contribution in [-0.2, 0) is 9.22 Å². The summed E-state index contributed by atoms with van der Waals surface area (Å²) in [6.45, 7) is 15.3. The van der Waals surface area contributed by atoms with Crippen LogP contribution in [0, 0.1) is 12.8 Å². The fraction of sp³-hybridized carbons (Fsp3) is 0.545. The highest BCUT2D eigenvalue weighted by Crippen LogP contribution is 2.45. The van der Waals surface area contributed by atoms with Gasteiger partial charge in [0, 0.05) is 9.33 Å². The number of hydrogen-bond acceptors (Lipinski definition) is 4. The van der Waals surface area contributed by atoms with Gasteiger partial charge in [0.1, 0.15) is 0 Å². The highest BCUT2D eigenvalue weighted by atomic mass is 127. The number of carbonyl (C=O) groups excluding carboxylic acids is 1. The first-order chi connectivity index (χ1) is 13.4. The zero-order valence-corrected chi connectivity index (χ0v) is 22.3. The number of halogens is 1. The van der Waals surface area contributed by atoms with Gasteiger partial charge in [-0.15, -0.1) is 0 Å². The Balaban J connectivity index is 1.86. The molecule has 2 aliphatic heterocycles. The number of β-lactam (4-membered cyclic amide) rings is 1. The molecule has 0 spiro atoms. The molecule has 0 radical (unpaired) electrons. The summed E-state index contributed by atoms with van der Waals surface area (Å²) >= 11 is 3.99. The van der Waals surface area contributed by atoms with Crippen LogP contribution in [0.1, 0.15) is 33.3 Å². The smallest absolute Gasteiger partial charge is 0.237 e. The number of allylic oxidation sites excluding steroid dienone is 1. The van der Waals surface area contributed by atoms with E-state index < -0.39 is 8.32 Å². The molecule has 1 amide bonds. The van der Waals surface area contributed by atoms with E-state index in [-0.39, 0.29) is 29.0 Å². The lowest BCUT2D eigenvalue weighted by molar-refractivity contribution is -0.150. The molecule has 1 saturated heterocycles. The van der Waals surface area contributed by atoms with Crippen molar-refractivity contribution in [2.75, 3.05) is 4.43 Å². The predicted molar refractivity (Wildman–Crippen MR) is 135 cm³/mol. The third kappa shape index (κ3) is 4.67. The third-order valence-corrected chi connectivity index (χ3v) is 13.1. The molecule has 1 fully saturated rings. The van der Waals surface area contributed by atoms with Crippen LogP contribution in [0.15, 0.2) is 40.2 Å². The van der Waals surface area contributed by atoms with E-state index >= 15 is 0 Å². The number of hydrogen-bond donors (Lipinski definition) is 0. The minimum Gasteiger partial charge on any atom is -0.413 e. The highest BCUT2D eigenvalue weighted by molar-refractivity contribution is 14.1. The molecule has 0 N–H and O–H groups in total. The number of nitrogens with zero attached hydrogens (tertiary/aromatic N) is 2. The predicted octanol–water partition coefficient (Wildman–Crippen LogP) is 6.29. The Kier molecular flexibility index (Phi) is 6.73. The molecule has 3 atom stereocenters. The summed E-state index contributed by atoms with van der Waals surface area (Å²) in [5.74, 6) is -0.00504. The zero-order valence-electron chi connectivity index (χ0n) is 18.3. The van der Waals surface area contributed by atoms with E-state index in [1.54, 1.807) is 11.8 Å². The number of carbonyl (C=O) groups is 1. The maximum absolute atomic E-state index is 13.2. The normalized spacial score (nSPS) is 24.8. The number of fused-ring (bicyclic) bond motifs is 1. The molecule has 2 heterocycles. The van der Waals surface area contributed by atoms with Gasteiger partial charge in [-0.2, -0.15) is 0 Å². The summed E-state index contributed by atoms with van der Waals surface area (Å²) in [5, 5.41) is 0.910. The second kappa shape index (κ2) is 8.47. The van der Waals surface area contributed by atoms with Gasteiger partial charge in [-0.3, -0.25) is 9.69 Å². The Bertz CT molecular complexity index is 863. The number of aliphatic imine (C=N–C) groups is 1. The molecule has 1 aromatic rings. The van der Waals surface area contributed by atoms with Crippen LogP contribution >= 0.6 is 34.4 Å². The Hall–Kier alpha value is -0.643. The van der Waals surface area contributed by atoms with Gasteiger partial charge >= 0.3 is 0 Å². The molecule has 3 rings (SSSR count). The highest BCUT2D eigenvalue weighted by Gasteiger charge is 2.54. The zero-order chi connectivity index (χ0) is 21.6. The van der Waals surface area contributed by atoms with Gasteiger partial charge in [0.15, 0.2) is 13.5 Å². The van der Waals surface area contributed by atoms with Crippen LogP contribution in [-0.4, -0.2) is 40.9 Å². The lowest BCUT2D eigenvalue weighted by atomic mass is 9.83. The number of rotatable bonds is 5. The number of alkyl halides is 1. The number of amides is 1. The van der Waals surface area contributed by atoms with E-state index in [0.29, 0.717) is 0 Å². The molecule has 1 aromatic carbocycles. The first kappa shape index (κ1) is 23.0. The summed E-state index contributed by atoms with van der Waals surface area (Å²) in [4.78, 5) is 21.1. The molecular formula is C22H31IN2O2SSi. The Morgan fingerprint density at radius 2 is 2.03 bits per heavy atom. The van der Waals surface area contributed by atoms with Crippen molar-refractivity contribution in [1.82, 2.24) is 4.90 Å². The van der Waals surface area contributed by atoms with Crippen molar-refractivity contribution in [1.29, 1.82) is 0 Å². The van der Waals surface area contributed by atoms with E-state index in [1.807, 2.05) is 17.0 Å². The summed E-state index contributed by atoms with van der Waals surface area (Å²) in [5.41, 5.74) is 2.06. The average Bonchev–Trinajstić information content (AvgIpc) is 2.59. The van der Waals surface area contributed by atoms with Crippen LogP contribution in [0.25, 0.3) is 0 Å². The standard InChI is InChI=1S/C22H31IN2O2SSi/c1-14-9-8-10-16(11-14)24-21-25-18(12-17(13-23)28-21)19(20(25)26)15(2)27-29(6,7)22(3,4)5/h8-12,15,18-19H,13H2,1-7H3/t15-,18-,19-/m1/s1. The fourth-order valence-corrected chi connectivity index (χ4v) is 6.58. The van der Waals surface area contributed by atoms with Crippen LogP contribution in [0.3, 0.4) is 0 Å². The van der Waals surface area contributed by atoms with Gasteiger partial charge in [-0.1, -0.05) is 67.3 Å². The largest absolute Gasteiger partial charge is 0.413 e. The Morgan fingerprint density at radius 1 is 1.34 bits per heavy atom. The fourth-order valence-electron chi connectivity index (χ4n) is 3.47. The van der Waals surface area contributed by atoms with Gasteiger partial charge in [0.25, 0.3) is 0 Å². The van der Waals surface area contributed by atoms with Gasteiger partial charge in [0.2, 0.25) is 5.91 Å². The molecule has 2 aliphatic rings. The molecule has 7 heteroatoms. The number of aryl methyl sites for hydroxylation is 1.